The molecule has 2 saturated carbocycles. The molecule has 7 unspecified atom stereocenters. The fraction of sp³-hybridized carbons (Fsp3) is 0.692. The summed E-state index contributed by atoms with van der Waals surface area (Å²) >= 11 is 0. The predicted octanol–water partition coefficient (Wildman–Crippen LogP) is 10.6. The number of hydrogen-bond donors (Lipinski definition) is 0. The molecule has 1 heterocycles. The molecule has 0 amide bonds. The van der Waals surface area contributed by atoms with E-state index >= 15 is 0 Å². The van der Waals surface area contributed by atoms with Crippen LogP contribution in [0.3, 0.4) is 0 Å². The van der Waals surface area contributed by atoms with Crippen molar-refractivity contribution in [3.05, 3.63) is 61.2 Å². The molecule has 0 saturated heterocycles. The zero-order valence-electron chi connectivity index (χ0n) is 28.6. The third-order valence-corrected chi connectivity index (χ3v) is 14.0. The van der Waals surface area contributed by atoms with Gasteiger partial charge >= 0.3 is 0 Å². The molecule has 220 valence electrons. The Morgan fingerprint density at radius 2 is 0.850 bits per heavy atom. The van der Waals surface area contributed by atoms with E-state index in [0.29, 0.717) is 35.5 Å². The minimum Gasteiger partial charge on any atom is -0.482 e. The molecule has 2 aromatic carbocycles. The number of rotatable bonds is 1. The molecule has 1 spiro atoms. The summed E-state index contributed by atoms with van der Waals surface area (Å²) in [7, 11) is 0. The monoisotopic (exact) mass is 542 g/mol. The summed E-state index contributed by atoms with van der Waals surface area (Å²) in [6.45, 7) is 36.6. The Hall–Kier alpha value is -1.76. The minimum atomic E-state index is -0.311. The minimum absolute atomic E-state index is 0.117. The molecule has 7 atom stereocenters. The Morgan fingerprint density at radius 1 is 0.450 bits per heavy atom. The van der Waals surface area contributed by atoms with Crippen LogP contribution in [0.25, 0.3) is 0 Å². The Bertz CT molecular complexity index is 1320. The first-order valence-corrected chi connectivity index (χ1v) is 16.4. The molecule has 5 rings (SSSR count). The first-order valence-electron chi connectivity index (χ1n) is 16.4. The van der Waals surface area contributed by atoms with Gasteiger partial charge in [0.05, 0.1) is 0 Å². The SMILES string of the molecule is Cc1c(C)c(C)c(C23CC(C)C(C)C(C)C2C2(CC(C)C(C)C(C)C2)c2c(C)c(C)c(C)c(C)c2O3)c(C)c1C. The maximum atomic E-state index is 7.88. The molecular formula is C39H58O. The number of ether oxygens (including phenoxy) is 1. The van der Waals surface area contributed by atoms with E-state index in [0.717, 1.165) is 12.3 Å². The third kappa shape index (κ3) is 3.70. The van der Waals surface area contributed by atoms with Crippen LogP contribution < -0.4 is 4.74 Å². The van der Waals surface area contributed by atoms with Gasteiger partial charge < -0.3 is 4.74 Å². The zero-order valence-corrected chi connectivity index (χ0v) is 28.6. The van der Waals surface area contributed by atoms with E-state index in [1.807, 2.05) is 0 Å². The van der Waals surface area contributed by atoms with E-state index in [-0.39, 0.29) is 11.0 Å². The van der Waals surface area contributed by atoms with Gasteiger partial charge in [0.25, 0.3) is 0 Å². The summed E-state index contributed by atoms with van der Waals surface area (Å²) in [5.41, 5.74) is 16.0. The molecule has 3 aliphatic rings. The molecule has 0 radical (unpaired) electrons. The maximum Gasteiger partial charge on any atom is 0.139 e. The van der Waals surface area contributed by atoms with Gasteiger partial charge in [-0.15, -0.1) is 0 Å². The molecule has 0 aromatic heterocycles. The highest BCUT2D eigenvalue weighted by atomic mass is 16.5. The third-order valence-electron chi connectivity index (χ3n) is 14.0. The first-order chi connectivity index (χ1) is 18.5. The Labute approximate surface area is 246 Å². The van der Waals surface area contributed by atoms with Crippen LogP contribution in [0, 0.1) is 104 Å². The molecule has 0 N–H and O–H groups in total. The lowest BCUT2D eigenvalue weighted by molar-refractivity contribution is -0.160. The molecular weight excluding hydrogens is 484 g/mol. The van der Waals surface area contributed by atoms with Gasteiger partial charge in [0.15, 0.2) is 0 Å². The van der Waals surface area contributed by atoms with Crippen LogP contribution in [-0.4, -0.2) is 0 Å². The van der Waals surface area contributed by atoms with Crippen molar-refractivity contribution in [3.63, 3.8) is 0 Å². The molecule has 2 aliphatic carbocycles. The van der Waals surface area contributed by atoms with E-state index in [1.165, 1.54) is 74.2 Å². The van der Waals surface area contributed by atoms with Gasteiger partial charge in [0, 0.05) is 22.5 Å². The van der Waals surface area contributed by atoms with Crippen molar-refractivity contribution in [2.24, 2.45) is 41.4 Å². The van der Waals surface area contributed by atoms with E-state index in [9.17, 15) is 0 Å². The second-order valence-corrected chi connectivity index (χ2v) is 15.5. The standard InChI is InChI=1S/C39H58O/c1-19-16-38(17-20(2)22(19)4)35-31(13)27(9)28(10)32(14)36(35)40-39(18-21(3)23(5)33(15)37(38)39)34-29(11)25(7)24(6)26(8)30(34)12/h19-23,33,37H,16-18H2,1-15H3. The van der Waals surface area contributed by atoms with Crippen LogP contribution in [-0.2, 0) is 11.0 Å². The second-order valence-electron chi connectivity index (χ2n) is 15.5. The van der Waals surface area contributed by atoms with Crippen molar-refractivity contribution < 1.29 is 4.74 Å². The van der Waals surface area contributed by atoms with E-state index in [4.69, 9.17) is 4.74 Å². The number of benzene rings is 2. The lowest BCUT2D eigenvalue weighted by atomic mass is 9.43. The number of fused-ring (bicyclic) bond motifs is 4. The molecule has 40 heavy (non-hydrogen) atoms. The van der Waals surface area contributed by atoms with Gasteiger partial charge in [-0.25, -0.2) is 0 Å². The van der Waals surface area contributed by atoms with Crippen LogP contribution in [0.2, 0.25) is 0 Å². The van der Waals surface area contributed by atoms with E-state index < -0.39 is 0 Å². The van der Waals surface area contributed by atoms with Crippen molar-refractivity contribution in [1.29, 1.82) is 0 Å². The van der Waals surface area contributed by atoms with Gasteiger partial charge in [-0.2, -0.15) is 0 Å². The zero-order chi connectivity index (χ0) is 29.8. The topological polar surface area (TPSA) is 9.23 Å². The quantitative estimate of drug-likeness (QED) is 0.348. The summed E-state index contributed by atoms with van der Waals surface area (Å²) in [6, 6.07) is 0. The van der Waals surface area contributed by atoms with Crippen LogP contribution in [0.15, 0.2) is 0 Å². The van der Waals surface area contributed by atoms with Crippen molar-refractivity contribution in [1.82, 2.24) is 0 Å². The predicted molar refractivity (Wildman–Crippen MR) is 172 cm³/mol. The van der Waals surface area contributed by atoms with Gasteiger partial charge in [0.1, 0.15) is 11.4 Å². The molecule has 0 bridgehead atoms. The maximum absolute atomic E-state index is 7.88. The highest BCUT2D eigenvalue weighted by Crippen LogP contribution is 2.69. The van der Waals surface area contributed by atoms with Gasteiger partial charge in [-0.05, 0) is 167 Å². The molecule has 1 heteroatoms. The summed E-state index contributed by atoms with van der Waals surface area (Å²) in [5.74, 6) is 5.69. The molecule has 1 nitrogen and oxygen atoms in total. The molecule has 1 aliphatic heterocycles. The van der Waals surface area contributed by atoms with Gasteiger partial charge in [0.2, 0.25) is 0 Å². The average Bonchev–Trinajstić information content (AvgIpc) is 2.89. The Kier molecular flexibility index (Phi) is 7.16. The smallest absolute Gasteiger partial charge is 0.139 e. The Morgan fingerprint density at radius 3 is 1.35 bits per heavy atom. The fourth-order valence-corrected chi connectivity index (χ4v) is 10.5. The highest BCUT2D eigenvalue weighted by molar-refractivity contribution is 5.62. The fourth-order valence-electron chi connectivity index (χ4n) is 10.5. The molecule has 2 aromatic rings. The highest BCUT2D eigenvalue weighted by Gasteiger charge is 2.66. The number of hydrogen-bond acceptors (Lipinski definition) is 1. The molecule has 2 fully saturated rings. The lowest BCUT2D eigenvalue weighted by Gasteiger charge is -2.65. The van der Waals surface area contributed by atoms with Crippen LogP contribution in [0.4, 0.5) is 0 Å². The largest absolute Gasteiger partial charge is 0.482 e. The van der Waals surface area contributed by atoms with Crippen molar-refractivity contribution in [2.75, 3.05) is 0 Å². The van der Waals surface area contributed by atoms with Crippen molar-refractivity contribution in [3.8, 4) is 5.75 Å². The van der Waals surface area contributed by atoms with Crippen LogP contribution in [0.5, 0.6) is 5.75 Å². The van der Waals surface area contributed by atoms with E-state index in [2.05, 4.69) is 104 Å². The summed E-state index contributed by atoms with van der Waals surface area (Å²) in [6.07, 6.45) is 3.66. The summed E-state index contributed by atoms with van der Waals surface area (Å²) in [4.78, 5) is 0. The normalized spacial score (nSPS) is 37.2. The average molecular weight is 543 g/mol. The lowest BCUT2D eigenvalue weighted by Crippen LogP contribution is -2.64. The summed E-state index contributed by atoms with van der Waals surface area (Å²) < 4.78 is 7.88. The van der Waals surface area contributed by atoms with E-state index in [1.54, 1.807) is 5.56 Å². The second kappa shape index (κ2) is 9.64. The van der Waals surface area contributed by atoms with Crippen molar-refractivity contribution in [2.45, 2.75) is 134 Å². The van der Waals surface area contributed by atoms with Gasteiger partial charge in [-0.3, -0.25) is 0 Å². The van der Waals surface area contributed by atoms with Crippen LogP contribution >= 0.6 is 0 Å². The Balaban J connectivity index is 1.98. The van der Waals surface area contributed by atoms with Gasteiger partial charge in [-0.1, -0.05) is 41.5 Å². The summed E-state index contributed by atoms with van der Waals surface area (Å²) in [5, 5.41) is 0. The van der Waals surface area contributed by atoms with Crippen LogP contribution in [0.1, 0.15) is 122 Å². The van der Waals surface area contributed by atoms with Crippen molar-refractivity contribution >= 4 is 0 Å². The first kappa shape index (κ1) is 29.7.